The van der Waals surface area contributed by atoms with Crippen LogP contribution in [0.2, 0.25) is 0 Å². The Morgan fingerprint density at radius 2 is 1.91 bits per heavy atom. The number of carbonyl (C=O) groups excluding carboxylic acids is 4. The molecule has 3 amide bonds. The van der Waals surface area contributed by atoms with Crippen molar-refractivity contribution in [1.82, 2.24) is 10.2 Å². The van der Waals surface area contributed by atoms with Gasteiger partial charge in [0.15, 0.2) is 12.6 Å². The minimum atomic E-state index is -1.58. The van der Waals surface area contributed by atoms with Gasteiger partial charge in [-0.05, 0) is 20.3 Å². The number of nitrogens with two attached hydrogens (primary N) is 2. The second-order valence-corrected chi connectivity index (χ2v) is 7.76. The number of nitrogens with one attached hydrogen (secondary N) is 1. The van der Waals surface area contributed by atoms with Crippen LogP contribution in [0.25, 0.3) is 0 Å². The molecule has 1 fully saturated rings. The fourth-order valence-corrected chi connectivity index (χ4v) is 3.50. The van der Waals surface area contributed by atoms with Gasteiger partial charge < -0.3 is 46.5 Å². The van der Waals surface area contributed by atoms with Crippen LogP contribution in [-0.4, -0.2) is 106 Å². The van der Waals surface area contributed by atoms with Crippen molar-refractivity contribution in [3.63, 3.8) is 0 Å². The van der Waals surface area contributed by atoms with E-state index in [0.29, 0.717) is 0 Å². The number of primary amides is 1. The molecule has 1 heterocycles. The first-order valence-electron chi connectivity index (χ1n) is 10.2. The van der Waals surface area contributed by atoms with Gasteiger partial charge in [-0.1, -0.05) is 0 Å². The fraction of sp³-hybridized carbons (Fsp3) is 0.789. The average molecular weight is 461 g/mol. The van der Waals surface area contributed by atoms with Crippen LogP contribution in [0.15, 0.2) is 0 Å². The van der Waals surface area contributed by atoms with Crippen molar-refractivity contribution in [2.75, 3.05) is 13.2 Å². The SMILES string of the molecule is CC(=O)N[C@@H]1[C@@H](OC(C)CN(C(=O)[C@H](C)N)[C@H](CC[C]=O)C(N)=O)[C@H](O)[C@@H](CO)O[C@@H]1O. The second kappa shape index (κ2) is 12.8. The maximum absolute atomic E-state index is 12.6. The second-order valence-electron chi connectivity index (χ2n) is 7.76. The largest absolute Gasteiger partial charge is 0.394 e. The molecular weight excluding hydrogens is 428 g/mol. The highest BCUT2D eigenvalue weighted by molar-refractivity contribution is 5.89. The van der Waals surface area contributed by atoms with E-state index in [4.69, 9.17) is 20.9 Å². The standard InChI is InChI=1S/C19H33N4O9/c1-9(7-23(18(29)10(2)20)12(17(21)28)5-4-6-24)31-16-14(22-11(3)26)19(30)32-13(8-25)15(16)27/h9-10,12-16,19,25,27,30H,4-5,7-8,20H2,1-3H3,(H2,21,28)(H,22,26)/t9?,10-,12+,13+,14+,15+,16+,19-/m0/s1. The van der Waals surface area contributed by atoms with Gasteiger partial charge in [0, 0.05) is 19.9 Å². The van der Waals surface area contributed by atoms with E-state index < -0.39 is 73.2 Å². The lowest BCUT2D eigenvalue weighted by atomic mass is 9.96. The number of hydrogen-bond donors (Lipinski definition) is 6. The van der Waals surface area contributed by atoms with Gasteiger partial charge >= 0.3 is 0 Å². The molecule has 0 saturated carbocycles. The molecule has 183 valence electrons. The summed E-state index contributed by atoms with van der Waals surface area (Å²) in [7, 11) is 0. The van der Waals surface area contributed by atoms with Gasteiger partial charge in [-0.3, -0.25) is 19.2 Å². The molecule has 0 spiro atoms. The Labute approximate surface area is 186 Å². The molecule has 1 radical (unpaired) electrons. The highest BCUT2D eigenvalue weighted by Gasteiger charge is 2.46. The zero-order valence-corrected chi connectivity index (χ0v) is 18.3. The Morgan fingerprint density at radius 1 is 1.28 bits per heavy atom. The maximum Gasteiger partial charge on any atom is 0.240 e. The third-order valence-corrected chi connectivity index (χ3v) is 4.98. The summed E-state index contributed by atoms with van der Waals surface area (Å²) in [5.41, 5.74) is 11.1. The smallest absolute Gasteiger partial charge is 0.240 e. The molecule has 0 aliphatic carbocycles. The van der Waals surface area contributed by atoms with Gasteiger partial charge in [0.2, 0.25) is 17.7 Å². The molecule has 1 aliphatic heterocycles. The summed E-state index contributed by atoms with van der Waals surface area (Å²) in [4.78, 5) is 47.9. The van der Waals surface area contributed by atoms with Crippen molar-refractivity contribution in [3.8, 4) is 0 Å². The van der Waals surface area contributed by atoms with Crippen molar-refractivity contribution < 1.29 is 44.0 Å². The maximum atomic E-state index is 12.6. The zero-order valence-electron chi connectivity index (χ0n) is 18.3. The number of amides is 3. The predicted molar refractivity (Wildman–Crippen MR) is 109 cm³/mol. The van der Waals surface area contributed by atoms with E-state index in [9.17, 15) is 34.5 Å². The van der Waals surface area contributed by atoms with Gasteiger partial charge in [0.25, 0.3) is 0 Å². The van der Waals surface area contributed by atoms with Crippen molar-refractivity contribution >= 4 is 24.0 Å². The van der Waals surface area contributed by atoms with Crippen molar-refractivity contribution in [2.24, 2.45) is 11.5 Å². The van der Waals surface area contributed by atoms with Gasteiger partial charge in [-0.15, -0.1) is 0 Å². The third kappa shape index (κ3) is 7.46. The zero-order chi connectivity index (χ0) is 24.6. The Morgan fingerprint density at radius 3 is 2.38 bits per heavy atom. The normalized spacial score (nSPS) is 28.3. The predicted octanol–water partition coefficient (Wildman–Crippen LogP) is -3.75. The summed E-state index contributed by atoms with van der Waals surface area (Å²) in [5, 5.41) is 32.6. The van der Waals surface area contributed by atoms with Crippen LogP contribution in [0, 0.1) is 0 Å². The summed E-state index contributed by atoms with van der Waals surface area (Å²) < 4.78 is 11.0. The van der Waals surface area contributed by atoms with Gasteiger partial charge in [0.1, 0.15) is 30.4 Å². The van der Waals surface area contributed by atoms with Crippen molar-refractivity contribution in [3.05, 3.63) is 0 Å². The lowest BCUT2D eigenvalue weighted by Crippen LogP contribution is -2.65. The molecule has 1 rings (SSSR count). The molecule has 0 aromatic rings. The Balaban J connectivity index is 3.11. The molecule has 13 nitrogen and oxygen atoms in total. The summed E-state index contributed by atoms with van der Waals surface area (Å²) in [6.45, 7) is 3.31. The fourth-order valence-electron chi connectivity index (χ4n) is 3.50. The highest BCUT2D eigenvalue weighted by Crippen LogP contribution is 2.24. The van der Waals surface area contributed by atoms with Crippen molar-refractivity contribution in [1.29, 1.82) is 0 Å². The van der Waals surface area contributed by atoms with E-state index in [2.05, 4.69) is 5.32 Å². The molecule has 1 aliphatic rings. The third-order valence-electron chi connectivity index (χ3n) is 4.98. The number of aliphatic hydroxyl groups is 3. The van der Waals surface area contributed by atoms with E-state index in [1.807, 2.05) is 0 Å². The molecule has 13 heteroatoms. The van der Waals surface area contributed by atoms with Crippen LogP contribution < -0.4 is 16.8 Å². The monoisotopic (exact) mass is 461 g/mol. The van der Waals surface area contributed by atoms with Crippen LogP contribution in [-0.2, 0) is 28.7 Å². The number of ether oxygens (including phenoxy) is 2. The minimum absolute atomic E-state index is 0.0657. The summed E-state index contributed by atoms with van der Waals surface area (Å²) in [6, 6.07) is -3.31. The first-order valence-corrected chi connectivity index (χ1v) is 10.2. The number of carbonyl (C=O) groups is 3. The molecule has 1 saturated heterocycles. The number of hydrogen-bond acceptors (Lipinski definition) is 10. The van der Waals surface area contributed by atoms with Crippen LogP contribution in [0.1, 0.15) is 33.6 Å². The Hall–Kier alpha value is -2.16. The molecule has 8 N–H and O–H groups in total. The first kappa shape index (κ1) is 27.9. The van der Waals surface area contributed by atoms with Crippen LogP contribution in [0.3, 0.4) is 0 Å². The van der Waals surface area contributed by atoms with Gasteiger partial charge in [-0.25, -0.2) is 0 Å². The number of rotatable bonds is 12. The molecule has 8 atom stereocenters. The number of nitrogens with zero attached hydrogens (tertiary/aromatic N) is 1. The van der Waals surface area contributed by atoms with Crippen LogP contribution >= 0.6 is 0 Å². The van der Waals surface area contributed by atoms with E-state index in [-0.39, 0.29) is 19.4 Å². The lowest BCUT2D eigenvalue weighted by molar-refractivity contribution is -0.268. The topological polar surface area (TPSA) is 215 Å². The van der Waals surface area contributed by atoms with E-state index in [1.54, 1.807) is 6.29 Å². The molecule has 0 aromatic heterocycles. The average Bonchev–Trinajstić information content (AvgIpc) is 2.71. The number of aliphatic hydroxyl groups excluding tert-OH is 3. The van der Waals surface area contributed by atoms with Crippen LogP contribution in [0.5, 0.6) is 0 Å². The first-order chi connectivity index (χ1) is 14.9. The Kier molecular flexibility index (Phi) is 11.1. The van der Waals surface area contributed by atoms with E-state index in [1.165, 1.54) is 20.8 Å². The molecular formula is C19H33N4O9. The molecule has 0 bridgehead atoms. The summed E-state index contributed by atoms with van der Waals surface area (Å²) >= 11 is 0. The minimum Gasteiger partial charge on any atom is -0.394 e. The van der Waals surface area contributed by atoms with E-state index in [0.717, 1.165) is 4.90 Å². The molecule has 32 heavy (non-hydrogen) atoms. The highest BCUT2D eigenvalue weighted by atomic mass is 16.6. The van der Waals surface area contributed by atoms with Crippen molar-refractivity contribution in [2.45, 2.75) is 82.4 Å². The molecule has 0 aromatic carbocycles. The van der Waals surface area contributed by atoms with Gasteiger partial charge in [-0.2, -0.15) is 0 Å². The quantitative estimate of drug-likeness (QED) is 0.167. The summed E-state index contributed by atoms with van der Waals surface area (Å²) in [6.07, 6.45) is -4.85. The van der Waals surface area contributed by atoms with E-state index >= 15 is 0 Å². The summed E-state index contributed by atoms with van der Waals surface area (Å²) in [5.74, 6) is -1.99. The van der Waals surface area contributed by atoms with Gasteiger partial charge in [0.05, 0.1) is 18.8 Å². The Bertz CT molecular complexity index is 663. The molecule has 1 unspecified atom stereocenters. The lowest BCUT2D eigenvalue weighted by Gasteiger charge is -2.44. The van der Waals surface area contributed by atoms with Crippen LogP contribution in [0.4, 0.5) is 0 Å².